The van der Waals surface area contributed by atoms with Crippen molar-refractivity contribution in [2.45, 2.75) is 26.2 Å². The van der Waals surface area contributed by atoms with Crippen LogP contribution in [0.3, 0.4) is 0 Å². The SMILES string of the molecule is Cc1c(O)cccc1OCCN1CCCCC1. The molecule has 0 amide bonds. The van der Waals surface area contributed by atoms with Gasteiger partial charge in [-0.3, -0.25) is 4.90 Å². The summed E-state index contributed by atoms with van der Waals surface area (Å²) in [6.07, 6.45) is 3.99. The number of phenols is 1. The molecule has 1 aliphatic rings. The van der Waals surface area contributed by atoms with Gasteiger partial charge in [0.2, 0.25) is 0 Å². The van der Waals surface area contributed by atoms with E-state index in [1.165, 1.54) is 32.4 Å². The summed E-state index contributed by atoms with van der Waals surface area (Å²) in [6, 6.07) is 5.41. The lowest BCUT2D eigenvalue weighted by Crippen LogP contribution is -2.33. The Morgan fingerprint density at radius 3 is 2.76 bits per heavy atom. The van der Waals surface area contributed by atoms with E-state index in [0.717, 1.165) is 17.9 Å². The summed E-state index contributed by atoms with van der Waals surface area (Å²) in [7, 11) is 0. The third-order valence-electron chi connectivity index (χ3n) is 3.37. The first-order valence-corrected chi connectivity index (χ1v) is 6.41. The molecule has 3 nitrogen and oxygen atoms in total. The molecule has 1 aromatic carbocycles. The van der Waals surface area contributed by atoms with Gasteiger partial charge in [0.1, 0.15) is 18.1 Å². The number of rotatable bonds is 4. The lowest BCUT2D eigenvalue weighted by atomic mass is 10.1. The van der Waals surface area contributed by atoms with Gasteiger partial charge < -0.3 is 9.84 Å². The predicted molar refractivity (Wildman–Crippen MR) is 68.6 cm³/mol. The zero-order valence-electron chi connectivity index (χ0n) is 10.5. The fourth-order valence-corrected chi connectivity index (χ4v) is 2.23. The third-order valence-corrected chi connectivity index (χ3v) is 3.37. The highest BCUT2D eigenvalue weighted by molar-refractivity contribution is 5.42. The molecule has 0 unspecified atom stereocenters. The molecule has 2 rings (SSSR count). The van der Waals surface area contributed by atoms with Crippen LogP contribution in [0.1, 0.15) is 24.8 Å². The smallest absolute Gasteiger partial charge is 0.125 e. The molecule has 0 radical (unpaired) electrons. The molecule has 0 bridgehead atoms. The number of phenolic OH excluding ortho intramolecular Hbond substituents is 1. The fourth-order valence-electron chi connectivity index (χ4n) is 2.23. The van der Waals surface area contributed by atoms with E-state index in [2.05, 4.69) is 4.90 Å². The molecule has 0 saturated carbocycles. The van der Waals surface area contributed by atoms with Crippen LogP contribution in [0.25, 0.3) is 0 Å². The monoisotopic (exact) mass is 235 g/mol. The Morgan fingerprint density at radius 2 is 2.00 bits per heavy atom. The highest BCUT2D eigenvalue weighted by atomic mass is 16.5. The molecule has 0 aliphatic carbocycles. The maximum absolute atomic E-state index is 9.56. The number of aromatic hydroxyl groups is 1. The second-order valence-corrected chi connectivity index (χ2v) is 4.65. The van der Waals surface area contributed by atoms with E-state index in [-0.39, 0.29) is 0 Å². The molecule has 1 fully saturated rings. The summed E-state index contributed by atoms with van der Waals surface area (Å²) < 4.78 is 5.72. The first-order valence-electron chi connectivity index (χ1n) is 6.41. The molecule has 1 saturated heterocycles. The van der Waals surface area contributed by atoms with E-state index in [4.69, 9.17) is 4.74 Å². The number of hydrogen-bond donors (Lipinski definition) is 1. The lowest BCUT2D eigenvalue weighted by Gasteiger charge is -2.26. The van der Waals surface area contributed by atoms with Crippen LogP contribution in [-0.2, 0) is 0 Å². The van der Waals surface area contributed by atoms with Gasteiger partial charge in [-0.25, -0.2) is 0 Å². The van der Waals surface area contributed by atoms with Crippen LogP contribution >= 0.6 is 0 Å². The quantitative estimate of drug-likeness (QED) is 0.870. The van der Waals surface area contributed by atoms with E-state index < -0.39 is 0 Å². The first-order chi connectivity index (χ1) is 8.27. The van der Waals surface area contributed by atoms with Crippen molar-refractivity contribution < 1.29 is 9.84 Å². The van der Waals surface area contributed by atoms with Gasteiger partial charge in [-0.2, -0.15) is 0 Å². The van der Waals surface area contributed by atoms with Crippen molar-refractivity contribution in [2.24, 2.45) is 0 Å². The first kappa shape index (κ1) is 12.2. The van der Waals surface area contributed by atoms with Crippen LogP contribution in [-0.4, -0.2) is 36.2 Å². The third kappa shape index (κ3) is 3.37. The Hall–Kier alpha value is -1.22. The molecular formula is C14H21NO2. The number of nitrogens with zero attached hydrogens (tertiary/aromatic N) is 1. The molecule has 0 aromatic heterocycles. The molecule has 0 atom stereocenters. The minimum atomic E-state index is 0.306. The Balaban J connectivity index is 1.79. The van der Waals surface area contributed by atoms with Crippen molar-refractivity contribution in [1.29, 1.82) is 0 Å². The zero-order chi connectivity index (χ0) is 12.1. The van der Waals surface area contributed by atoms with E-state index in [9.17, 15) is 5.11 Å². The van der Waals surface area contributed by atoms with Gasteiger partial charge in [-0.1, -0.05) is 12.5 Å². The van der Waals surface area contributed by atoms with Crippen molar-refractivity contribution >= 4 is 0 Å². The standard InChI is InChI=1S/C14H21NO2/c1-12-13(16)6-5-7-14(12)17-11-10-15-8-3-2-4-9-15/h5-7,16H,2-4,8-11H2,1H3. The van der Waals surface area contributed by atoms with Crippen LogP contribution in [0.2, 0.25) is 0 Å². The Bertz CT molecular complexity index is 359. The molecule has 0 spiro atoms. The maximum Gasteiger partial charge on any atom is 0.125 e. The van der Waals surface area contributed by atoms with Crippen LogP contribution in [0.4, 0.5) is 0 Å². The zero-order valence-corrected chi connectivity index (χ0v) is 10.5. The Morgan fingerprint density at radius 1 is 1.24 bits per heavy atom. The molecule has 1 heterocycles. The summed E-state index contributed by atoms with van der Waals surface area (Å²) >= 11 is 0. The molecule has 17 heavy (non-hydrogen) atoms. The van der Waals surface area contributed by atoms with Gasteiger partial charge in [-0.05, 0) is 45.0 Å². The van der Waals surface area contributed by atoms with Gasteiger partial charge in [-0.15, -0.1) is 0 Å². The summed E-state index contributed by atoms with van der Waals surface area (Å²) in [5.74, 6) is 1.10. The highest BCUT2D eigenvalue weighted by Crippen LogP contribution is 2.25. The van der Waals surface area contributed by atoms with Crippen molar-refractivity contribution in [3.8, 4) is 11.5 Å². The van der Waals surface area contributed by atoms with Gasteiger partial charge in [0.25, 0.3) is 0 Å². The average Bonchev–Trinajstić information content (AvgIpc) is 2.36. The normalized spacial score (nSPS) is 17.0. The van der Waals surface area contributed by atoms with Gasteiger partial charge in [0.05, 0.1) is 0 Å². The van der Waals surface area contributed by atoms with E-state index in [1.54, 1.807) is 6.07 Å². The van der Waals surface area contributed by atoms with Crippen molar-refractivity contribution in [1.82, 2.24) is 4.90 Å². The molecule has 94 valence electrons. The number of hydrogen-bond acceptors (Lipinski definition) is 3. The summed E-state index contributed by atoms with van der Waals surface area (Å²) in [6.45, 7) is 5.95. The average molecular weight is 235 g/mol. The van der Waals surface area contributed by atoms with Gasteiger partial charge >= 0.3 is 0 Å². The van der Waals surface area contributed by atoms with Gasteiger partial charge in [0, 0.05) is 12.1 Å². The van der Waals surface area contributed by atoms with Crippen LogP contribution in [0.5, 0.6) is 11.5 Å². The predicted octanol–water partition coefficient (Wildman–Crippen LogP) is 2.57. The Kier molecular flexibility index (Phi) is 4.26. The summed E-state index contributed by atoms with van der Waals surface area (Å²) in [5.41, 5.74) is 0.825. The molecule has 1 aliphatic heterocycles. The summed E-state index contributed by atoms with van der Waals surface area (Å²) in [5, 5.41) is 9.56. The second-order valence-electron chi connectivity index (χ2n) is 4.65. The van der Waals surface area contributed by atoms with Crippen molar-refractivity contribution in [3.63, 3.8) is 0 Å². The largest absolute Gasteiger partial charge is 0.508 e. The number of benzene rings is 1. The topological polar surface area (TPSA) is 32.7 Å². The molecule has 1 N–H and O–H groups in total. The van der Waals surface area contributed by atoms with E-state index in [0.29, 0.717) is 12.4 Å². The second kappa shape index (κ2) is 5.92. The molecular weight excluding hydrogens is 214 g/mol. The van der Waals surface area contributed by atoms with Crippen LogP contribution < -0.4 is 4.74 Å². The lowest BCUT2D eigenvalue weighted by molar-refractivity contribution is 0.182. The minimum Gasteiger partial charge on any atom is -0.508 e. The van der Waals surface area contributed by atoms with Crippen molar-refractivity contribution in [3.05, 3.63) is 23.8 Å². The fraction of sp³-hybridized carbons (Fsp3) is 0.571. The minimum absolute atomic E-state index is 0.306. The Labute approximate surface area is 103 Å². The molecule has 1 aromatic rings. The molecule has 3 heteroatoms. The number of likely N-dealkylation sites (tertiary alicyclic amines) is 1. The number of piperidine rings is 1. The maximum atomic E-state index is 9.56. The van der Waals surface area contributed by atoms with Crippen LogP contribution in [0, 0.1) is 6.92 Å². The van der Waals surface area contributed by atoms with Gasteiger partial charge in [0.15, 0.2) is 0 Å². The van der Waals surface area contributed by atoms with Crippen molar-refractivity contribution in [2.75, 3.05) is 26.2 Å². The highest BCUT2D eigenvalue weighted by Gasteiger charge is 2.10. The van der Waals surface area contributed by atoms with E-state index in [1.807, 2.05) is 19.1 Å². The van der Waals surface area contributed by atoms with Crippen LogP contribution in [0.15, 0.2) is 18.2 Å². The summed E-state index contributed by atoms with van der Waals surface area (Å²) in [4.78, 5) is 2.45. The number of ether oxygens (including phenoxy) is 1. The van der Waals surface area contributed by atoms with E-state index >= 15 is 0 Å².